The van der Waals surface area contributed by atoms with Gasteiger partial charge in [0, 0.05) is 13.1 Å². The second-order valence-corrected chi connectivity index (χ2v) is 6.11. The van der Waals surface area contributed by atoms with Gasteiger partial charge in [-0.15, -0.1) is 0 Å². The molecular weight excluding hydrogens is 254 g/mol. The Morgan fingerprint density at radius 3 is 2.35 bits per heavy atom. The number of hydrogen-bond donors (Lipinski definition) is 2. The molecule has 0 radical (unpaired) electrons. The number of piperidine rings is 1. The molecule has 0 bridgehead atoms. The van der Waals surface area contributed by atoms with Gasteiger partial charge in [-0.2, -0.15) is 0 Å². The van der Waals surface area contributed by atoms with Gasteiger partial charge in [-0.3, -0.25) is 4.90 Å². The number of hydrogen-bond acceptors (Lipinski definition) is 4. The average Bonchev–Trinajstić information content (AvgIpc) is 2.87. The van der Waals surface area contributed by atoms with Crippen molar-refractivity contribution in [3.8, 4) is 0 Å². The van der Waals surface area contributed by atoms with Crippen LogP contribution in [0.1, 0.15) is 24.0 Å². The third-order valence-corrected chi connectivity index (χ3v) is 4.70. The van der Waals surface area contributed by atoms with E-state index in [1.54, 1.807) is 0 Å². The van der Waals surface area contributed by atoms with Gasteiger partial charge in [0.25, 0.3) is 0 Å². The highest BCUT2D eigenvalue weighted by atomic mass is 16.5. The molecule has 2 aliphatic heterocycles. The first-order valence-electron chi connectivity index (χ1n) is 7.38. The molecule has 1 aromatic rings. The van der Waals surface area contributed by atoms with E-state index in [2.05, 4.69) is 11.8 Å². The van der Waals surface area contributed by atoms with E-state index in [0.717, 1.165) is 18.7 Å². The van der Waals surface area contributed by atoms with Gasteiger partial charge in [-0.25, -0.2) is 0 Å². The molecule has 2 heterocycles. The van der Waals surface area contributed by atoms with E-state index in [4.69, 9.17) is 4.74 Å². The highest BCUT2D eigenvalue weighted by Crippen LogP contribution is 2.34. The first kappa shape index (κ1) is 14.0. The van der Waals surface area contributed by atoms with Crippen LogP contribution >= 0.6 is 0 Å². The summed E-state index contributed by atoms with van der Waals surface area (Å²) in [6.45, 7) is 4.69. The Kier molecular flexibility index (Phi) is 3.82. The molecule has 0 unspecified atom stereocenters. The number of ether oxygens (including phenoxy) is 1. The number of likely N-dealkylation sites (tertiary alicyclic amines) is 1. The summed E-state index contributed by atoms with van der Waals surface area (Å²) in [5.74, 6) is 0. The molecule has 2 fully saturated rings. The van der Waals surface area contributed by atoms with Crippen molar-refractivity contribution in [3.63, 3.8) is 0 Å². The minimum absolute atomic E-state index is 0.0950. The van der Waals surface area contributed by atoms with Gasteiger partial charge < -0.3 is 14.9 Å². The zero-order valence-electron chi connectivity index (χ0n) is 12.0. The SMILES string of the molecule is Cc1ccc(C2(O)CCN([C@@H]3COC[C@H]3O)CC2)cc1. The number of rotatable bonds is 2. The molecule has 2 aliphatic rings. The molecule has 4 heteroatoms. The number of aryl methyl sites for hydroxylation is 1. The zero-order chi connectivity index (χ0) is 14.2. The molecule has 0 amide bonds. The van der Waals surface area contributed by atoms with Crippen LogP contribution in [-0.2, 0) is 10.3 Å². The lowest BCUT2D eigenvalue weighted by Crippen LogP contribution is -2.50. The van der Waals surface area contributed by atoms with E-state index in [-0.39, 0.29) is 12.1 Å². The molecular formula is C16H23NO3. The van der Waals surface area contributed by atoms with Crippen molar-refractivity contribution in [1.82, 2.24) is 4.90 Å². The second-order valence-electron chi connectivity index (χ2n) is 6.11. The summed E-state index contributed by atoms with van der Waals surface area (Å²) in [7, 11) is 0. The van der Waals surface area contributed by atoms with Crippen molar-refractivity contribution in [2.75, 3.05) is 26.3 Å². The molecule has 0 aliphatic carbocycles. The van der Waals surface area contributed by atoms with Crippen molar-refractivity contribution >= 4 is 0 Å². The van der Waals surface area contributed by atoms with Crippen molar-refractivity contribution in [3.05, 3.63) is 35.4 Å². The van der Waals surface area contributed by atoms with Crippen LogP contribution < -0.4 is 0 Å². The van der Waals surface area contributed by atoms with Gasteiger partial charge in [0.2, 0.25) is 0 Å². The molecule has 3 rings (SSSR count). The monoisotopic (exact) mass is 277 g/mol. The summed E-state index contributed by atoms with van der Waals surface area (Å²) in [4.78, 5) is 2.25. The molecule has 110 valence electrons. The lowest BCUT2D eigenvalue weighted by atomic mass is 9.83. The molecule has 0 spiro atoms. The van der Waals surface area contributed by atoms with Crippen molar-refractivity contribution in [1.29, 1.82) is 0 Å². The molecule has 0 saturated carbocycles. The molecule has 2 atom stereocenters. The van der Waals surface area contributed by atoms with Crippen LogP contribution in [0, 0.1) is 6.92 Å². The van der Waals surface area contributed by atoms with E-state index < -0.39 is 5.60 Å². The van der Waals surface area contributed by atoms with Crippen LogP contribution in [-0.4, -0.2) is 53.6 Å². The van der Waals surface area contributed by atoms with E-state index in [1.165, 1.54) is 5.56 Å². The number of aliphatic hydroxyl groups excluding tert-OH is 1. The minimum atomic E-state index is -0.728. The number of aliphatic hydroxyl groups is 2. The summed E-state index contributed by atoms with van der Waals surface area (Å²) in [5, 5.41) is 20.7. The van der Waals surface area contributed by atoms with Crippen LogP contribution in [0.5, 0.6) is 0 Å². The summed E-state index contributed by atoms with van der Waals surface area (Å²) in [6.07, 6.45) is 1.03. The standard InChI is InChI=1S/C16H23NO3/c1-12-2-4-13(5-3-12)16(19)6-8-17(9-7-16)14-10-20-11-15(14)18/h2-5,14-15,18-19H,6-11H2,1H3/t14-,15-/m1/s1. The van der Waals surface area contributed by atoms with Gasteiger partial charge in [-0.05, 0) is 25.3 Å². The Bertz CT molecular complexity index is 451. The van der Waals surface area contributed by atoms with Crippen LogP contribution in [0.25, 0.3) is 0 Å². The zero-order valence-corrected chi connectivity index (χ0v) is 12.0. The Labute approximate surface area is 120 Å². The van der Waals surface area contributed by atoms with Crippen LogP contribution in [0.15, 0.2) is 24.3 Å². The Morgan fingerprint density at radius 1 is 1.15 bits per heavy atom. The predicted octanol–water partition coefficient (Wildman–Crippen LogP) is 1.04. The van der Waals surface area contributed by atoms with Gasteiger partial charge >= 0.3 is 0 Å². The number of benzene rings is 1. The maximum Gasteiger partial charge on any atom is 0.0950 e. The molecule has 2 saturated heterocycles. The predicted molar refractivity (Wildman–Crippen MR) is 76.5 cm³/mol. The maximum absolute atomic E-state index is 10.8. The molecule has 2 N–H and O–H groups in total. The van der Waals surface area contributed by atoms with Crippen LogP contribution in [0.3, 0.4) is 0 Å². The maximum atomic E-state index is 10.8. The van der Waals surface area contributed by atoms with E-state index >= 15 is 0 Å². The van der Waals surface area contributed by atoms with Crippen LogP contribution in [0.4, 0.5) is 0 Å². The summed E-state index contributed by atoms with van der Waals surface area (Å²) < 4.78 is 5.32. The fourth-order valence-corrected chi connectivity index (χ4v) is 3.26. The molecule has 20 heavy (non-hydrogen) atoms. The first-order valence-corrected chi connectivity index (χ1v) is 7.38. The fraction of sp³-hybridized carbons (Fsp3) is 0.625. The van der Waals surface area contributed by atoms with E-state index in [1.807, 2.05) is 24.3 Å². The van der Waals surface area contributed by atoms with Gasteiger partial charge in [-0.1, -0.05) is 29.8 Å². The van der Waals surface area contributed by atoms with Crippen LogP contribution in [0.2, 0.25) is 0 Å². The lowest BCUT2D eigenvalue weighted by Gasteiger charge is -2.41. The Hall–Kier alpha value is -0.940. The average molecular weight is 277 g/mol. The normalized spacial score (nSPS) is 30.6. The van der Waals surface area contributed by atoms with E-state index in [9.17, 15) is 10.2 Å². The summed E-state index contributed by atoms with van der Waals surface area (Å²) >= 11 is 0. The summed E-state index contributed by atoms with van der Waals surface area (Å²) in [6, 6.07) is 8.25. The summed E-state index contributed by atoms with van der Waals surface area (Å²) in [5.41, 5.74) is 1.49. The topological polar surface area (TPSA) is 52.9 Å². The van der Waals surface area contributed by atoms with Crippen molar-refractivity contribution < 1.29 is 14.9 Å². The van der Waals surface area contributed by atoms with E-state index in [0.29, 0.717) is 26.1 Å². The largest absolute Gasteiger partial charge is 0.389 e. The minimum Gasteiger partial charge on any atom is -0.389 e. The third kappa shape index (κ3) is 2.61. The number of nitrogens with zero attached hydrogens (tertiary/aromatic N) is 1. The van der Waals surface area contributed by atoms with Crippen molar-refractivity contribution in [2.24, 2.45) is 0 Å². The Morgan fingerprint density at radius 2 is 1.80 bits per heavy atom. The highest BCUT2D eigenvalue weighted by Gasteiger charge is 2.39. The smallest absolute Gasteiger partial charge is 0.0950 e. The van der Waals surface area contributed by atoms with Crippen molar-refractivity contribution in [2.45, 2.75) is 37.5 Å². The first-order chi connectivity index (χ1) is 9.58. The molecule has 1 aromatic carbocycles. The third-order valence-electron chi connectivity index (χ3n) is 4.70. The molecule has 4 nitrogen and oxygen atoms in total. The lowest BCUT2D eigenvalue weighted by molar-refractivity contribution is -0.0457. The fourth-order valence-electron chi connectivity index (χ4n) is 3.26. The van der Waals surface area contributed by atoms with Gasteiger partial charge in [0.15, 0.2) is 0 Å². The second kappa shape index (κ2) is 5.45. The highest BCUT2D eigenvalue weighted by molar-refractivity contribution is 5.27. The van der Waals surface area contributed by atoms with Gasteiger partial charge in [0.1, 0.15) is 0 Å². The molecule has 0 aromatic heterocycles. The van der Waals surface area contributed by atoms with Gasteiger partial charge in [0.05, 0.1) is 31.0 Å². The quantitative estimate of drug-likeness (QED) is 0.848. The Balaban J connectivity index is 1.66.